The summed E-state index contributed by atoms with van der Waals surface area (Å²) in [7, 11) is 0. The molecule has 0 aromatic heterocycles. The van der Waals surface area contributed by atoms with E-state index in [-0.39, 0.29) is 36.0 Å². The number of aliphatic carboxylic acids is 1. The molecule has 0 spiro atoms. The van der Waals surface area contributed by atoms with Crippen molar-refractivity contribution in [1.82, 2.24) is 5.32 Å². The number of esters is 1. The number of carboxylic acid groups (broad SMARTS) is 1. The maximum atomic E-state index is 11.7. The topological polar surface area (TPSA) is 105 Å². The van der Waals surface area contributed by atoms with Gasteiger partial charge in [0.15, 0.2) is 0 Å². The van der Waals surface area contributed by atoms with Gasteiger partial charge in [-0.15, -0.1) is 0 Å². The van der Waals surface area contributed by atoms with Crippen LogP contribution in [-0.4, -0.2) is 30.9 Å². The van der Waals surface area contributed by atoms with E-state index in [4.69, 9.17) is 16.3 Å². The summed E-state index contributed by atoms with van der Waals surface area (Å²) < 4.78 is 9.41. The molecule has 1 unspecified atom stereocenters. The van der Waals surface area contributed by atoms with Crippen molar-refractivity contribution < 1.29 is 58.5 Å². The van der Waals surface area contributed by atoms with Crippen LogP contribution in [0.5, 0.6) is 0 Å². The number of hydrogen-bond acceptors (Lipinski definition) is 6. The van der Waals surface area contributed by atoms with E-state index in [1.54, 1.807) is 42.5 Å². The Balaban J connectivity index is 0.00000450. The molecule has 152 valence electrons. The zero-order valence-electron chi connectivity index (χ0n) is 16.4. The van der Waals surface area contributed by atoms with E-state index >= 15 is 0 Å². The maximum Gasteiger partial charge on any atom is 1.00 e. The minimum Gasteiger partial charge on any atom is -0.548 e. The number of halogens is 1. The summed E-state index contributed by atoms with van der Waals surface area (Å²) in [6, 6.07) is 14.7. The first-order valence-electron chi connectivity index (χ1n) is 8.72. The molecule has 0 saturated carbocycles. The van der Waals surface area contributed by atoms with Crippen LogP contribution in [0.25, 0.3) is 6.08 Å². The standard InChI is InChI=1S/C21H20ClNO6.Na/c22-17-10-6-16(7-11-17)8-12-18(20(25)26)23-21(27)29-14-28-19(24)13-9-15-4-2-1-3-5-15;/h1-7,9-11,13,18H,8,12,14H2,(H,23,27)(H,25,26);/q;+1/p-1. The van der Waals surface area contributed by atoms with Gasteiger partial charge in [0.05, 0.1) is 12.0 Å². The van der Waals surface area contributed by atoms with Crippen LogP contribution >= 0.6 is 11.6 Å². The first kappa shape index (κ1) is 25.7. The molecule has 2 rings (SSSR count). The Kier molecular flexibility index (Phi) is 11.8. The van der Waals surface area contributed by atoms with E-state index in [0.717, 1.165) is 11.1 Å². The summed E-state index contributed by atoms with van der Waals surface area (Å²) in [5.41, 5.74) is 1.66. The first-order chi connectivity index (χ1) is 13.9. The van der Waals surface area contributed by atoms with Crippen molar-refractivity contribution in [3.8, 4) is 0 Å². The molecule has 9 heteroatoms. The van der Waals surface area contributed by atoms with Gasteiger partial charge in [-0.3, -0.25) is 0 Å². The second kappa shape index (κ2) is 13.8. The third-order valence-electron chi connectivity index (χ3n) is 3.81. The predicted octanol–water partition coefficient (Wildman–Crippen LogP) is -0.665. The van der Waals surface area contributed by atoms with Crippen LogP contribution in [0.3, 0.4) is 0 Å². The number of rotatable bonds is 9. The fourth-order valence-electron chi connectivity index (χ4n) is 2.31. The third-order valence-corrected chi connectivity index (χ3v) is 4.07. The van der Waals surface area contributed by atoms with Crippen molar-refractivity contribution in [2.24, 2.45) is 0 Å². The Morgan fingerprint density at radius 3 is 2.33 bits per heavy atom. The van der Waals surface area contributed by atoms with Crippen LogP contribution in [0.1, 0.15) is 17.5 Å². The van der Waals surface area contributed by atoms with E-state index in [9.17, 15) is 19.5 Å². The van der Waals surface area contributed by atoms with Gasteiger partial charge in [-0.2, -0.15) is 0 Å². The Labute approximate surface area is 201 Å². The summed E-state index contributed by atoms with van der Waals surface area (Å²) in [6.45, 7) is -0.652. The predicted molar refractivity (Wildman–Crippen MR) is 105 cm³/mol. The maximum absolute atomic E-state index is 11.7. The van der Waals surface area contributed by atoms with E-state index in [1.807, 2.05) is 18.2 Å². The van der Waals surface area contributed by atoms with Crippen molar-refractivity contribution >= 4 is 35.7 Å². The number of aryl methyl sites for hydroxylation is 1. The molecule has 0 saturated heterocycles. The van der Waals surface area contributed by atoms with Gasteiger partial charge in [-0.05, 0) is 42.2 Å². The van der Waals surface area contributed by atoms with Gasteiger partial charge in [0, 0.05) is 11.1 Å². The summed E-state index contributed by atoms with van der Waals surface area (Å²) in [4.78, 5) is 34.5. The quantitative estimate of drug-likeness (QED) is 0.241. The fourth-order valence-corrected chi connectivity index (χ4v) is 2.44. The minimum atomic E-state index is -1.45. The number of carbonyl (C=O) groups excluding carboxylic acids is 3. The van der Waals surface area contributed by atoms with Gasteiger partial charge in [0.25, 0.3) is 0 Å². The molecular weight excluding hydrogens is 421 g/mol. The average Bonchev–Trinajstić information content (AvgIpc) is 2.71. The van der Waals surface area contributed by atoms with Crippen LogP contribution in [0.15, 0.2) is 60.7 Å². The number of alkyl carbamates (subject to hydrolysis) is 1. The summed E-state index contributed by atoms with van der Waals surface area (Å²) >= 11 is 5.80. The molecule has 0 radical (unpaired) electrons. The van der Waals surface area contributed by atoms with Crippen LogP contribution < -0.4 is 40.0 Å². The van der Waals surface area contributed by atoms with Crippen LogP contribution in [0.2, 0.25) is 5.02 Å². The zero-order valence-corrected chi connectivity index (χ0v) is 19.1. The number of ether oxygens (including phenoxy) is 2. The van der Waals surface area contributed by atoms with E-state index in [0.29, 0.717) is 11.4 Å². The summed E-state index contributed by atoms with van der Waals surface area (Å²) in [5.74, 6) is -2.15. The van der Waals surface area contributed by atoms with Gasteiger partial charge in [0.2, 0.25) is 6.79 Å². The minimum absolute atomic E-state index is 0. The normalized spacial score (nSPS) is 11.2. The first-order valence-corrected chi connectivity index (χ1v) is 9.10. The number of carboxylic acids is 1. The fraction of sp³-hybridized carbons (Fsp3) is 0.190. The van der Waals surface area contributed by atoms with Gasteiger partial charge in [-0.25, -0.2) is 9.59 Å². The average molecular weight is 440 g/mol. The molecule has 0 aliphatic rings. The molecule has 2 aromatic rings. The van der Waals surface area contributed by atoms with Crippen LogP contribution in [0, 0.1) is 0 Å². The Morgan fingerprint density at radius 1 is 1.03 bits per heavy atom. The molecule has 7 nitrogen and oxygen atoms in total. The smallest absolute Gasteiger partial charge is 0.548 e. The molecule has 0 fully saturated rings. The van der Waals surface area contributed by atoms with Crippen LogP contribution in [-0.2, 0) is 25.5 Å². The molecular formula is C21H19ClNNaO6. The van der Waals surface area contributed by atoms with Gasteiger partial charge >= 0.3 is 41.6 Å². The molecule has 1 N–H and O–H groups in total. The van der Waals surface area contributed by atoms with E-state index < -0.39 is 30.9 Å². The summed E-state index contributed by atoms with van der Waals surface area (Å²) in [5, 5.41) is 14.0. The van der Waals surface area contributed by atoms with E-state index in [1.165, 1.54) is 6.08 Å². The van der Waals surface area contributed by atoms with Crippen molar-refractivity contribution in [3.05, 3.63) is 76.8 Å². The molecule has 2 aromatic carbocycles. The van der Waals surface area contributed by atoms with Crippen molar-refractivity contribution in [1.29, 1.82) is 0 Å². The Morgan fingerprint density at radius 2 is 1.70 bits per heavy atom. The number of hydrogen-bond donors (Lipinski definition) is 1. The van der Waals surface area contributed by atoms with Gasteiger partial charge < -0.3 is 24.7 Å². The molecule has 0 heterocycles. The van der Waals surface area contributed by atoms with Gasteiger partial charge in [-0.1, -0.05) is 54.1 Å². The second-order valence-corrected chi connectivity index (χ2v) is 6.37. The number of amides is 1. The van der Waals surface area contributed by atoms with Crippen molar-refractivity contribution in [2.45, 2.75) is 18.9 Å². The largest absolute Gasteiger partial charge is 1.00 e. The molecule has 1 amide bonds. The van der Waals surface area contributed by atoms with E-state index in [2.05, 4.69) is 10.1 Å². The second-order valence-electron chi connectivity index (χ2n) is 5.94. The zero-order chi connectivity index (χ0) is 21.1. The molecule has 0 bridgehead atoms. The van der Waals surface area contributed by atoms with Crippen molar-refractivity contribution in [3.63, 3.8) is 0 Å². The van der Waals surface area contributed by atoms with Crippen LogP contribution in [0.4, 0.5) is 4.79 Å². The summed E-state index contributed by atoms with van der Waals surface area (Å²) in [6.07, 6.45) is 2.18. The molecule has 30 heavy (non-hydrogen) atoms. The SMILES string of the molecule is O=C(C=Cc1ccccc1)OCOC(=O)NC(CCc1ccc(Cl)cc1)C(=O)[O-].[Na+]. The van der Waals surface area contributed by atoms with Crippen molar-refractivity contribution in [2.75, 3.05) is 6.79 Å². The number of carbonyl (C=O) groups is 3. The molecule has 1 atom stereocenters. The molecule has 0 aliphatic heterocycles. The third kappa shape index (κ3) is 9.93. The van der Waals surface area contributed by atoms with Gasteiger partial charge in [0.1, 0.15) is 0 Å². The molecule has 0 aliphatic carbocycles. The Hall–Kier alpha value is -2.32. The number of benzene rings is 2. The Bertz CT molecular complexity index is 858. The monoisotopic (exact) mass is 439 g/mol. The number of nitrogens with one attached hydrogen (secondary N) is 1.